The minimum atomic E-state index is -0.872. The number of benzene rings is 2. The van der Waals surface area contributed by atoms with Gasteiger partial charge in [-0.3, -0.25) is 24.1 Å². The third-order valence-electron chi connectivity index (χ3n) is 6.64. The van der Waals surface area contributed by atoms with E-state index in [1.807, 2.05) is 32.6 Å². The minimum absolute atomic E-state index is 0.0848. The summed E-state index contributed by atoms with van der Waals surface area (Å²) in [6, 6.07) is 8.45. The minimum Gasteiger partial charge on any atom is -0.348 e. The normalized spacial score (nSPS) is 17.1. The number of hydrogen-bond donors (Lipinski definition) is 3. The molecule has 0 bridgehead atoms. The number of halogens is 2. The van der Waals surface area contributed by atoms with Crippen molar-refractivity contribution in [2.45, 2.75) is 58.7 Å². The van der Waals surface area contributed by atoms with Crippen LogP contribution in [0.25, 0.3) is 0 Å². The van der Waals surface area contributed by atoms with Gasteiger partial charge < -0.3 is 16.0 Å². The Hall–Kier alpha value is -3.66. The molecular formula is C30H38F2N4O4. The van der Waals surface area contributed by atoms with Crippen molar-refractivity contribution in [1.82, 2.24) is 20.9 Å². The van der Waals surface area contributed by atoms with Crippen molar-refractivity contribution in [2.24, 2.45) is 11.8 Å². The number of likely N-dealkylation sites (tertiary alicyclic amines) is 1. The molecule has 0 saturated carbocycles. The predicted molar refractivity (Wildman–Crippen MR) is 148 cm³/mol. The number of nitrogens with one attached hydrogen (secondary N) is 3. The van der Waals surface area contributed by atoms with Gasteiger partial charge in [-0.2, -0.15) is 0 Å². The maximum Gasteiger partial charge on any atom is 0.251 e. The zero-order chi connectivity index (χ0) is 29.4. The van der Waals surface area contributed by atoms with E-state index in [0.29, 0.717) is 24.9 Å². The molecule has 1 heterocycles. The Kier molecular flexibility index (Phi) is 10.9. The van der Waals surface area contributed by atoms with E-state index >= 15 is 0 Å². The first-order valence-electron chi connectivity index (χ1n) is 13.6. The van der Waals surface area contributed by atoms with Crippen LogP contribution < -0.4 is 16.0 Å². The highest BCUT2D eigenvalue weighted by Crippen LogP contribution is 2.14. The van der Waals surface area contributed by atoms with Crippen molar-refractivity contribution < 1.29 is 28.0 Å². The molecule has 3 N–H and O–H groups in total. The summed E-state index contributed by atoms with van der Waals surface area (Å²) in [4.78, 5) is 53.3. The number of amides is 3. The van der Waals surface area contributed by atoms with E-state index in [9.17, 15) is 28.0 Å². The number of hydrogen-bond acceptors (Lipinski definition) is 5. The van der Waals surface area contributed by atoms with Gasteiger partial charge in [0.15, 0.2) is 5.78 Å². The summed E-state index contributed by atoms with van der Waals surface area (Å²) in [6.07, 6.45) is 1.02. The summed E-state index contributed by atoms with van der Waals surface area (Å²) in [7, 11) is 0. The first-order valence-corrected chi connectivity index (χ1v) is 13.6. The summed E-state index contributed by atoms with van der Waals surface area (Å²) < 4.78 is 26.5. The molecule has 3 rings (SSSR count). The van der Waals surface area contributed by atoms with Crippen molar-refractivity contribution in [3.05, 3.63) is 71.3 Å². The van der Waals surface area contributed by atoms with Gasteiger partial charge in [0.1, 0.15) is 23.7 Å². The van der Waals surface area contributed by atoms with Crippen LogP contribution in [0.4, 0.5) is 8.78 Å². The SMILES string of the molecule is CC(C)C[C@@H](CN1CC(=O)C(NC(=O)[C@H](CC(C)C)NC(=O)c2ccc(F)cc2)C1)NC(=O)c1ccc(F)cc1. The predicted octanol–water partition coefficient (Wildman–Crippen LogP) is 3.32. The quantitative estimate of drug-likeness (QED) is 0.372. The van der Waals surface area contributed by atoms with Crippen LogP contribution in [0.2, 0.25) is 0 Å². The Morgan fingerprint density at radius 2 is 1.32 bits per heavy atom. The van der Waals surface area contributed by atoms with E-state index in [-0.39, 0.29) is 48.2 Å². The van der Waals surface area contributed by atoms with E-state index in [2.05, 4.69) is 16.0 Å². The molecular weight excluding hydrogens is 518 g/mol. The van der Waals surface area contributed by atoms with Gasteiger partial charge in [-0.05, 0) is 73.2 Å². The molecule has 1 unspecified atom stereocenters. The first-order chi connectivity index (χ1) is 18.9. The van der Waals surface area contributed by atoms with Crippen LogP contribution in [0.1, 0.15) is 61.3 Å². The number of carbonyl (C=O) groups is 4. The van der Waals surface area contributed by atoms with E-state index in [1.165, 1.54) is 48.5 Å². The van der Waals surface area contributed by atoms with Crippen molar-refractivity contribution in [3.63, 3.8) is 0 Å². The standard InChI is InChI=1S/C30H38F2N4O4/c1-18(2)13-24(33-28(38)20-5-9-22(31)10-6-20)15-36-16-26(27(37)17-36)35-30(40)25(14-19(3)4)34-29(39)21-7-11-23(32)12-8-21/h5-12,18-19,24-26H,13-17H2,1-4H3,(H,33,38)(H,34,39)(H,35,40)/t24-,25-,26?/m0/s1. The largest absolute Gasteiger partial charge is 0.348 e. The van der Waals surface area contributed by atoms with Crippen LogP contribution in [0.5, 0.6) is 0 Å². The lowest BCUT2D eigenvalue weighted by Crippen LogP contribution is -2.52. The van der Waals surface area contributed by atoms with Crippen molar-refractivity contribution in [3.8, 4) is 0 Å². The topological polar surface area (TPSA) is 108 Å². The Morgan fingerprint density at radius 1 is 0.825 bits per heavy atom. The second-order valence-corrected chi connectivity index (χ2v) is 11.2. The highest BCUT2D eigenvalue weighted by molar-refractivity contribution is 5.99. The van der Waals surface area contributed by atoms with Gasteiger partial charge in [0, 0.05) is 30.3 Å². The average molecular weight is 557 g/mol. The van der Waals surface area contributed by atoms with Crippen LogP contribution in [0, 0.1) is 23.5 Å². The Balaban J connectivity index is 1.61. The Morgan fingerprint density at radius 3 is 1.82 bits per heavy atom. The fraction of sp³-hybridized carbons (Fsp3) is 0.467. The molecule has 2 aromatic rings. The zero-order valence-electron chi connectivity index (χ0n) is 23.4. The zero-order valence-corrected chi connectivity index (χ0v) is 23.4. The van der Waals surface area contributed by atoms with Gasteiger partial charge >= 0.3 is 0 Å². The molecule has 1 saturated heterocycles. The van der Waals surface area contributed by atoms with Crippen LogP contribution in [0.15, 0.2) is 48.5 Å². The molecule has 2 aromatic carbocycles. The lowest BCUT2D eigenvalue weighted by atomic mass is 10.0. The molecule has 1 aliphatic rings. The second kappa shape index (κ2) is 14.1. The van der Waals surface area contributed by atoms with Crippen molar-refractivity contribution in [2.75, 3.05) is 19.6 Å². The molecule has 0 aliphatic carbocycles. The van der Waals surface area contributed by atoms with Crippen LogP contribution in [-0.2, 0) is 9.59 Å². The fourth-order valence-corrected chi connectivity index (χ4v) is 4.77. The van der Waals surface area contributed by atoms with Gasteiger partial charge in [-0.15, -0.1) is 0 Å². The lowest BCUT2D eigenvalue weighted by Gasteiger charge is -2.26. The number of nitrogens with zero attached hydrogens (tertiary/aromatic N) is 1. The third-order valence-corrected chi connectivity index (χ3v) is 6.64. The third kappa shape index (κ3) is 9.22. The van der Waals surface area contributed by atoms with Gasteiger partial charge in [-0.25, -0.2) is 8.78 Å². The summed E-state index contributed by atoms with van der Waals surface area (Å²) in [5.74, 6) is -1.99. The van der Waals surface area contributed by atoms with Crippen LogP contribution >= 0.6 is 0 Å². The highest BCUT2D eigenvalue weighted by Gasteiger charge is 2.35. The van der Waals surface area contributed by atoms with Crippen molar-refractivity contribution >= 4 is 23.5 Å². The lowest BCUT2D eigenvalue weighted by molar-refractivity contribution is -0.127. The molecule has 3 amide bonds. The Labute approximate surface area is 233 Å². The maximum atomic E-state index is 13.3. The number of ketones is 1. The summed E-state index contributed by atoms with van der Waals surface area (Å²) in [5, 5.41) is 8.49. The molecule has 0 aromatic heterocycles. The van der Waals surface area contributed by atoms with Crippen molar-refractivity contribution in [1.29, 1.82) is 0 Å². The molecule has 0 spiro atoms. The molecule has 216 valence electrons. The second-order valence-electron chi connectivity index (χ2n) is 11.2. The molecule has 1 fully saturated rings. The van der Waals surface area contributed by atoms with Crippen LogP contribution in [0.3, 0.4) is 0 Å². The summed E-state index contributed by atoms with van der Waals surface area (Å²) in [5.41, 5.74) is 0.571. The molecule has 10 heteroatoms. The van der Waals surface area contributed by atoms with Gasteiger partial charge in [0.25, 0.3) is 11.8 Å². The van der Waals surface area contributed by atoms with E-state index in [0.717, 1.165) is 0 Å². The molecule has 40 heavy (non-hydrogen) atoms. The number of Topliss-reactive ketones (excluding diaryl/α,β-unsaturated/α-hetero) is 1. The molecule has 3 atom stereocenters. The van der Waals surface area contributed by atoms with Crippen LogP contribution in [-0.4, -0.2) is 66.2 Å². The summed E-state index contributed by atoms with van der Waals surface area (Å²) in [6.45, 7) is 8.69. The van der Waals surface area contributed by atoms with Gasteiger partial charge in [0.05, 0.1) is 6.54 Å². The highest BCUT2D eigenvalue weighted by atomic mass is 19.1. The van der Waals surface area contributed by atoms with Gasteiger partial charge in [-0.1, -0.05) is 27.7 Å². The van der Waals surface area contributed by atoms with Gasteiger partial charge in [0.2, 0.25) is 5.91 Å². The number of carbonyl (C=O) groups excluding carboxylic acids is 4. The number of rotatable bonds is 12. The molecule has 8 nitrogen and oxygen atoms in total. The summed E-state index contributed by atoms with van der Waals surface area (Å²) >= 11 is 0. The molecule has 1 aliphatic heterocycles. The Bertz CT molecular complexity index is 1190. The smallest absolute Gasteiger partial charge is 0.251 e. The monoisotopic (exact) mass is 556 g/mol. The average Bonchev–Trinajstić information content (AvgIpc) is 3.21. The fourth-order valence-electron chi connectivity index (χ4n) is 4.77. The van der Waals surface area contributed by atoms with E-state index in [1.54, 1.807) is 0 Å². The first kappa shape index (κ1) is 30.9. The van der Waals surface area contributed by atoms with E-state index < -0.39 is 35.5 Å². The maximum absolute atomic E-state index is 13.3. The molecule has 0 radical (unpaired) electrons. The van der Waals surface area contributed by atoms with E-state index in [4.69, 9.17) is 0 Å².